The molecular formula is C125H141N10O5+5. The molecule has 15 heteroatoms. The average molecular weight is 1860 g/mol. The van der Waals surface area contributed by atoms with Crippen LogP contribution in [0.5, 0.6) is 0 Å². The van der Waals surface area contributed by atoms with Gasteiger partial charge in [0.05, 0.1) is 27.8 Å². The van der Waals surface area contributed by atoms with Crippen molar-refractivity contribution in [2.24, 2.45) is 40.7 Å². The van der Waals surface area contributed by atoms with E-state index in [9.17, 15) is 0 Å². The van der Waals surface area contributed by atoms with Gasteiger partial charge in [0.25, 0.3) is 0 Å². The van der Waals surface area contributed by atoms with Gasteiger partial charge in [-0.25, -0.2) is 47.8 Å². The maximum absolute atomic E-state index is 6.48. The second-order valence-electron chi connectivity index (χ2n) is 43.5. The number of hydrogen-bond donors (Lipinski definition) is 0. The molecule has 5 aromatic carbocycles. The molecule has 2 aliphatic carbocycles. The van der Waals surface area contributed by atoms with Crippen LogP contribution in [-0.2, 0) is 53.5 Å². The molecule has 22 rings (SSSR count). The van der Waals surface area contributed by atoms with Crippen LogP contribution >= 0.6 is 0 Å². The van der Waals surface area contributed by atoms with Crippen molar-refractivity contribution in [2.45, 2.75) is 257 Å². The molecule has 716 valence electrons. The Morgan fingerprint density at radius 3 is 0.936 bits per heavy atom. The quantitative estimate of drug-likeness (QED) is 0.102. The number of aryl methyl sites for hydroxylation is 12. The van der Waals surface area contributed by atoms with E-state index in [-0.39, 0.29) is 10.8 Å². The number of benzene rings is 5. The van der Waals surface area contributed by atoms with Crippen molar-refractivity contribution in [3.8, 4) is 56.3 Å². The van der Waals surface area contributed by atoms with E-state index in [1.807, 2.05) is 13.0 Å². The summed E-state index contributed by atoms with van der Waals surface area (Å²) in [5, 5.41) is 11.2. The van der Waals surface area contributed by atoms with E-state index in [0.717, 1.165) is 157 Å². The van der Waals surface area contributed by atoms with Crippen LogP contribution in [0.3, 0.4) is 0 Å². The highest BCUT2D eigenvalue weighted by atomic mass is 16.4. The Hall–Kier alpha value is -13.4. The summed E-state index contributed by atoms with van der Waals surface area (Å²) < 4.78 is 42.8. The van der Waals surface area contributed by atoms with E-state index in [0.29, 0.717) is 41.2 Å². The molecule has 0 N–H and O–H groups in total. The molecule has 15 heterocycles. The summed E-state index contributed by atoms with van der Waals surface area (Å²) in [5.41, 5.74) is 38.5. The highest BCUT2D eigenvalue weighted by Gasteiger charge is 2.32. The Balaban J connectivity index is 0.000000116. The van der Waals surface area contributed by atoms with Crippen LogP contribution in [0.1, 0.15) is 281 Å². The Morgan fingerprint density at radius 1 is 0.307 bits per heavy atom. The SMILES string of the molecule is CCc1ccc(-c2c(C)ccc3c2oc2nc(C)ccc23)[n+](C)c1.Cc1ccc2c(oc3nc(C(C)(C)C)ccc32)c1-c1cc(C(C)C)cc[n+]1C.Cc1ccc2c(oc3nc(C4CCCC4)ccc32)c1-c1cc(C(C)C)cc[n+]1C.Cc1ccc2c(oc3nc(C4CCCCC4)ccc32)c1-c1cc(C(C)C)cc[n+]1C.Cc1ccc2c(oc3nc(CC(C)(C)C)ccc32)c1-c1cc(C(C)C)cc[n+]1C. The van der Waals surface area contributed by atoms with E-state index in [1.54, 1.807) is 0 Å². The molecule has 2 fully saturated rings. The van der Waals surface area contributed by atoms with E-state index >= 15 is 0 Å². The lowest BCUT2D eigenvalue weighted by atomic mass is 9.86. The monoisotopic (exact) mass is 1860 g/mol. The molecule has 140 heavy (non-hydrogen) atoms. The Kier molecular flexibility index (Phi) is 27.2. The van der Waals surface area contributed by atoms with Gasteiger partial charge in [0, 0.05) is 160 Å². The molecular weight excluding hydrogens is 1720 g/mol. The molecule has 0 saturated heterocycles. The first kappa shape index (κ1) is 96.9. The van der Waals surface area contributed by atoms with Crippen molar-refractivity contribution in [1.29, 1.82) is 0 Å². The van der Waals surface area contributed by atoms with Crippen LogP contribution in [0.25, 0.3) is 167 Å². The number of furan rings is 5. The first-order chi connectivity index (χ1) is 66.9. The standard InChI is InChI=1S/C27H31N2O.C26H29N2O.C26H31N2O.C25H29N2O.C21H21N2O/c1-17(2)20-14-15-29(4)24(16-20)25-18(3)10-11-21-22-12-13-23(19-8-6-5-7-9-19)28-27(22)30-26(21)25;1-16(2)19-13-14-28(4)23(15-19)24-17(3)9-10-20-21-11-12-22(18-7-5-6-8-18)27-26(21)29-25(20)24;1-16(2)18-12-13-28(7)22(14-18)23-17(3)8-10-20-21-11-9-19(15-26(4,5)6)27-25(21)29-24(20)23;1-15(2)17-12-13-27(7)20(14-17)22-16(3)8-9-18-19-10-11-21(25(4,5)6)26-24(19)28-23(18)22;1-5-15-8-11-18(23(4)12-15)19-13(2)6-9-16-17-10-7-14(3)22-21(17)24-20(16)19/h10-17,19H,5-9H2,1-4H3;9-16,18H,5-8H2,1-4H3;8-14,16H,15H2,1-7H3;8-15H,1-7H3;6-12H,5H2,1-4H3/q5*+1. The third-order valence-corrected chi connectivity index (χ3v) is 29.3. The van der Waals surface area contributed by atoms with Gasteiger partial charge in [-0.1, -0.05) is 197 Å². The maximum atomic E-state index is 6.48. The third-order valence-electron chi connectivity index (χ3n) is 29.3. The Labute approximate surface area is 825 Å². The summed E-state index contributed by atoms with van der Waals surface area (Å²) in [7, 11) is 10.5. The molecule has 2 saturated carbocycles. The highest BCUT2D eigenvalue weighted by Crippen LogP contribution is 2.46. The number of hydrogen-bond acceptors (Lipinski definition) is 10. The summed E-state index contributed by atoms with van der Waals surface area (Å²) in [4.78, 5) is 24.2. The molecule has 0 radical (unpaired) electrons. The number of pyridine rings is 10. The summed E-state index contributed by atoms with van der Waals surface area (Å²) in [5.74, 6) is 3.10. The van der Waals surface area contributed by atoms with Crippen molar-refractivity contribution in [2.75, 3.05) is 0 Å². The number of nitrogens with zero attached hydrogens (tertiary/aromatic N) is 10. The van der Waals surface area contributed by atoms with Gasteiger partial charge in [0.15, 0.2) is 58.9 Å². The molecule has 0 aliphatic heterocycles. The zero-order chi connectivity index (χ0) is 98.9. The zero-order valence-corrected chi connectivity index (χ0v) is 87.5. The van der Waals surface area contributed by atoms with Crippen LogP contribution < -0.4 is 22.8 Å². The first-order valence-corrected chi connectivity index (χ1v) is 51.0. The van der Waals surface area contributed by atoms with Gasteiger partial charge in [-0.15, -0.1) is 0 Å². The maximum Gasteiger partial charge on any atom is 0.227 e. The van der Waals surface area contributed by atoms with Crippen LogP contribution in [0.2, 0.25) is 0 Å². The van der Waals surface area contributed by atoms with Crippen molar-refractivity contribution >= 4 is 110 Å². The van der Waals surface area contributed by atoms with Crippen molar-refractivity contribution < 1.29 is 44.9 Å². The van der Waals surface area contributed by atoms with Gasteiger partial charge in [0.2, 0.25) is 57.0 Å². The molecule has 0 bridgehead atoms. The number of aromatic nitrogens is 10. The van der Waals surface area contributed by atoms with E-state index < -0.39 is 0 Å². The highest BCUT2D eigenvalue weighted by molar-refractivity contribution is 6.13. The number of fused-ring (bicyclic) bond motifs is 15. The minimum Gasteiger partial charge on any atom is -0.437 e. The van der Waals surface area contributed by atoms with Crippen molar-refractivity contribution in [3.63, 3.8) is 0 Å². The van der Waals surface area contributed by atoms with Gasteiger partial charge in [0.1, 0.15) is 35.2 Å². The van der Waals surface area contributed by atoms with Crippen molar-refractivity contribution in [3.05, 3.63) is 297 Å². The van der Waals surface area contributed by atoms with Gasteiger partial charge in [-0.2, -0.15) is 0 Å². The van der Waals surface area contributed by atoms with Crippen molar-refractivity contribution in [1.82, 2.24) is 24.9 Å². The van der Waals surface area contributed by atoms with E-state index in [2.05, 4.69) is 408 Å². The molecule has 0 spiro atoms. The second kappa shape index (κ2) is 39.4. The minimum atomic E-state index is -0.00997. The van der Waals surface area contributed by atoms with Gasteiger partial charge in [-0.3, -0.25) is 0 Å². The summed E-state index contributed by atoms with van der Waals surface area (Å²) in [6.07, 6.45) is 24.4. The molecule has 0 atom stereocenters. The lowest BCUT2D eigenvalue weighted by molar-refractivity contribution is -0.660. The van der Waals surface area contributed by atoms with Gasteiger partial charge >= 0.3 is 0 Å². The normalized spacial score (nSPS) is 13.5. The second-order valence-corrected chi connectivity index (χ2v) is 43.5. The Bertz CT molecular complexity index is 8120. The Morgan fingerprint density at radius 2 is 0.607 bits per heavy atom. The first-order valence-electron chi connectivity index (χ1n) is 51.0. The van der Waals surface area contributed by atoms with Crippen LogP contribution in [0.4, 0.5) is 0 Å². The number of rotatable bonds is 13. The van der Waals surface area contributed by atoms with E-state index in [4.69, 9.17) is 42.0 Å². The van der Waals surface area contributed by atoms with Crippen LogP contribution in [0.15, 0.2) is 235 Å². The van der Waals surface area contributed by atoms with Gasteiger partial charge < -0.3 is 22.1 Å². The largest absolute Gasteiger partial charge is 0.437 e. The molecule has 2 aliphatic rings. The van der Waals surface area contributed by atoms with Gasteiger partial charge in [-0.05, 0) is 226 Å². The summed E-state index contributed by atoms with van der Waals surface area (Å²) in [6, 6.07) is 65.8. The lowest BCUT2D eigenvalue weighted by Gasteiger charge is -2.20. The van der Waals surface area contributed by atoms with Crippen LogP contribution in [0, 0.1) is 47.0 Å². The zero-order valence-electron chi connectivity index (χ0n) is 87.5. The predicted molar refractivity (Wildman–Crippen MR) is 574 cm³/mol. The lowest BCUT2D eigenvalue weighted by Crippen LogP contribution is -2.31. The topological polar surface area (TPSA) is 150 Å². The fourth-order valence-electron chi connectivity index (χ4n) is 20.9. The van der Waals surface area contributed by atoms with Crippen LogP contribution in [-0.4, -0.2) is 24.9 Å². The predicted octanol–water partition coefficient (Wildman–Crippen LogP) is 30.9. The summed E-state index contributed by atoms with van der Waals surface area (Å²) in [6.45, 7) is 46.1. The molecule has 20 aromatic rings. The average Bonchev–Trinajstić information content (AvgIpc) is 1.01. The molecule has 15 nitrogen and oxygen atoms in total. The molecule has 0 amide bonds. The summed E-state index contributed by atoms with van der Waals surface area (Å²) >= 11 is 0. The van der Waals surface area contributed by atoms with E-state index in [1.165, 1.54) is 159 Å². The molecule has 15 aromatic heterocycles. The smallest absolute Gasteiger partial charge is 0.227 e. The fraction of sp³-hybridized carbons (Fsp3) is 0.360. The fourth-order valence-corrected chi connectivity index (χ4v) is 20.9. The molecule has 0 unspecified atom stereocenters. The minimum absolute atomic E-state index is 0.00997. The third kappa shape index (κ3) is 19.4.